The summed E-state index contributed by atoms with van der Waals surface area (Å²) in [6, 6.07) is 0. The van der Waals surface area contributed by atoms with Crippen LogP contribution in [0.4, 0.5) is 0 Å². The van der Waals surface area contributed by atoms with E-state index in [9.17, 15) is 19.2 Å². The fourth-order valence-corrected chi connectivity index (χ4v) is 2.09. The number of ether oxygens (including phenoxy) is 1. The Balaban J connectivity index is 0.000000370. The van der Waals surface area contributed by atoms with Crippen LogP contribution in [0.15, 0.2) is 12.2 Å². The van der Waals surface area contributed by atoms with Crippen LogP contribution < -0.4 is 5.32 Å². The van der Waals surface area contributed by atoms with Crippen molar-refractivity contribution in [3.8, 4) is 0 Å². The summed E-state index contributed by atoms with van der Waals surface area (Å²) < 4.78 is 5.59. The number of amides is 4. The minimum atomic E-state index is -0.329. The highest BCUT2D eigenvalue weighted by atomic mass is 16.7. The predicted molar refractivity (Wildman–Crippen MR) is 88.9 cm³/mol. The quantitative estimate of drug-likeness (QED) is 0.494. The lowest BCUT2D eigenvalue weighted by atomic mass is 10.2. The van der Waals surface area contributed by atoms with Crippen LogP contribution in [-0.2, 0) is 28.8 Å². The minimum absolute atomic E-state index is 0.199. The molecular weight excluding hydrogens is 328 g/mol. The molecule has 0 aromatic carbocycles. The fraction of sp³-hybridized carbons (Fsp3) is 0.647. The highest BCUT2D eigenvalue weighted by Crippen LogP contribution is 2.12. The number of rotatable bonds is 9. The molecule has 8 heteroatoms. The van der Waals surface area contributed by atoms with Gasteiger partial charge in [-0.25, -0.2) is 0 Å². The largest absolute Gasteiger partial charge is 0.379 e. The number of nitrogens with zero attached hydrogens (tertiary/aromatic N) is 1. The van der Waals surface area contributed by atoms with Gasteiger partial charge in [0.05, 0.1) is 12.7 Å². The Morgan fingerprint density at radius 1 is 1.04 bits per heavy atom. The average Bonchev–Trinajstić information content (AvgIpc) is 3.10. The van der Waals surface area contributed by atoms with Crippen molar-refractivity contribution < 1.29 is 28.8 Å². The molecule has 1 fully saturated rings. The smallest absolute Gasteiger partial charge is 0.253 e. The third-order valence-corrected chi connectivity index (χ3v) is 3.51. The van der Waals surface area contributed by atoms with E-state index in [1.54, 1.807) is 0 Å². The van der Waals surface area contributed by atoms with Gasteiger partial charge in [-0.1, -0.05) is 13.3 Å². The maximum absolute atomic E-state index is 11.2. The average molecular weight is 354 g/mol. The fourth-order valence-electron chi connectivity index (χ4n) is 2.09. The summed E-state index contributed by atoms with van der Waals surface area (Å²) in [6.45, 7) is 5.34. The molecule has 0 aromatic heterocycles. The highest BCUT2D eigenvalue weighted by Gasteiger charge is 2.29. The molecule has 0 aliphatic carbocycles. The number of hydrogen-bond donors (Lipinski definition) is 1. The van der Waals surface area contributed by atoms with E-state index in [4.69, 9.17) is 9.57 Å². The zero-order chi connectivity index (χ0) is 18.7. The lowest BCUT2D eigenvalue weighted by molar-refractivity contribution is -0.188. The normalized spacial score (nSPS) is 17.6. The van der Waals surface area contributed by atoms with Crippen LogP contribution in [-0.4, -0.2) is 48.0 Å². The van der Waals surface area contributed by atoms with E-state index >= 15 is 0 Å². The van der Waals surface area contributed by atoms with Crippen molar-refractivity contribution in [2.24, 2.45) is 0 Å². The topological polar surface area (TPSA) is 102 Å². The second-order valence-electron chi connectivity index (χ2n) is 5.78. The van der Waals surface area contributed by atoms with E-state index in [1.165, 1.54) is 12.2 Å². The van der Waals surface area contributed by atoms with Crippen LogP contribution in [0.25, 0.3) is 0 Å². The van der Waals surface area contributed by atoms with Crippen LogP contribution in [0.1, 0.15) is 52.4 Å². The molecule has 140 valence electrons. The molecule has 0 spiro atoms. The van der Waals surface area contributed by atoms with Crippen molar-refractivity contribution in [1.29, 1.82) is 0 Å². The van der Waals surface area contributed by atoms with Crippen molar-refractivity contribution in [3.63, 3.8) is 0 Å². The Hall–Kier alpha value is -2.06. The van der Waals surface area contributed by atoms with Gasteiger partial charge in [0.1, 0.15) is 0 Å². The van der Waals surface area contributed by atoms with Gasteiger partial charge in [0.15, 0.2) is 0 Å². The summed E-state index contributed by atoms with van der Waals surface area (Å²) in [4.78, 5) is 47.7. The molecular formula is C17H26N2O6. The van der Waals surface area contributed by atoms with E-state index in [2.05, 4.69) is 6.92 Å². The lowest BCUT2D eigenvalue weighted by Gasteiger charge is -2.15. The van der Waals surface area contributed by atoms with Crippen LogP contribution in [0, 0.1) is 0 Å². The van der Waals surface area contributed by atoms with Crippen LogP contribution in [0.5, 0.6) is 0 Å². The van der Waals surface area contributed by atoms with Crippen molar-refractivity contribution in [3.05, 3.63) is 12.2 Å². The Morgan fingerprint density at radius 3 is 2.12 bits per heavy atom. The number of unbranched alkanes of at least 4 members (excludes halogenated alkanes) is 1. The maximum atomic E-state index is 11.2. The molecule has 0 aromatic rings. The maximum Gasteiger partial charge on any atom is 0.253 e. The first kappa shape index (κ1) is 21.0. The first-order valence-electron chi connectivity index (χ1n) is 8.57. The van der Waals surface area contributed by atoms with Gasteiger partial charge in [0.25, 0.3) is 23.6 Å². The Labute approximate surface area is 147 Å². The standard InChI is InChI=1S/C13H23NO4.C4H3NO2/c1-3-4-9-17-11(2)6-5-10-18-14-12(15)7-8-13(14)16;6-3-1-2-4(7)5-3/h11H,3-10H2,1-2H3;1-2H,(H,5,6,7). The first-order chi connectivity index (χ1) is 11.9. The number of hydrogen-bond acceptors (Lipinski definition) is 6. The van der Waals surface area contributed by atoms with Crippen LogP contribution in [0.3, 0.4) is 0 Å². The van der Waals surface area contributed by atoms with Gasteiger partial charge in [-0.05, 0) is 26.2 Å². The van der Waals surface area contributed by atoms with E-state index in [0.29, 0.717) is 6.61 Å². The Bertz CT molecular complexity index is 485. The summed E-state index contributed by atoms with van der Waals surface area (Å²) in [7, 11) is 0. The molecule has 1 N–H and O–H groups in total. The molecule has 2 aliphatic rings. The van der Waals surface area contributed by atoms with Crippen LogP contribution >= 0.6 is 0 Å². The number of hydroxylamine groups is 2. The molecule has 4 amide bonds. The molecule has 1 saturated heterocycles. The number of imide groups is 2. The van der Waals surface area contributed by atoms with Gasteiger partial charge in [0, 0.05) is 31.6 Å². The van der Waals surface area contributed by atoms with Gasteiger partial charge in [-0.2, -0.15) is 5.06 Å². The second-order valence-corrected chi connectivity index (χ2v) is 5.78. The Morgan fingerprint density at radius 2 is 1.64 bits per heavy atom. The zero-order valence-electron chi connectivity index (χ0n) is 14.8. The molecule has 2 heterocycles. The summed E-state index contributed by atoms with van der Waals surface area (Å²) in [6.07, 6.45) is 7.01. The third kappa shape index (κ3) is 8.55. The summed E-state index contributed by atoms with van der Waals surface area (Å²) in [5.74, 6) is -1.12. The monoisotopic (exact) mass is 354 g/mol. The molecule has 0 bridgehead atoms. The summed E-state index contributed by atoms with van der Waals surface area (Å²) in [5, 5.41) is 2.93. The van der Waals surface area contributed by atoms with E-state index in [0.717, 1.165) is 37.4 Å². The summed E-state index contributed by atoms with van der Waals surface area (Å²) >= 11 is 0. The molecule has 2 aliphatic heterocycles. The van der Waals surface area contributed by atoms with Crippen molar-refractivity contribution in [2.45, 2.75) is 58.5 Å². The number of nitrogens with one attached hydrogen (secondary N) is 1. The Kier molecular flexibility index (Phi) is 9.64. The summed E-state index contributed by atoms with van der Waals surface area (Å²) in [5.41, 5.74) is 0. The van der Waals surface area contributed by atoms with Gasteiger partial charge < -0.3 is 4.74 Å². The SMILES string of the molecule is CCCCOC(C)CCCON1C(=O)CCC1=O.O=C1C=CC(=O)N1. The lowest BCUT2D eigenvalue weighted by Crippen LogP contribution is -2.29. The first-order valence-corrected chi connectivity index (χ1v) is 8.57. The van der Waals surface area contributed by atoms with Gasteiger partial charge >= 0.3 is 0 Å². The van der Waals surface area contributed by atoms with Crippen molar-refractivity contribution >= 4 is 23.6 Å². The van der Waals surface area contributed by atoms with Crippen molar-refractivity contribution in [1.82, 2.24) is 10.4 Å². The molecule has 1 atom stereocenters. The number of carbonyl (C=O) groups excluding carboxylic acids is 4. The number of carbonyl (C=O) groups is 4. The van der Waals surface area contributed by atoms with Gasteiger partial charge in [0.2, 0.25) is 0 Å². The zero-order valence-corrected chi connectivity index (χ0v) is 14.8. The van der Waals surface area contributed by atoms with Gasteiger partial charge in [-0.15, -0.1) is 0 Å². The molecule has 0 radical (unpaired) electrons. The second kappa shape index (κ2) is 11.5. The van der Waals surface area contributed by atoms with E-state index in [1.807, 2.05) is 12.2 Å². The van der Waals surface area contributed by atoms with E-state index < -0.39 is 0 Å². The van der Waals surface area contributed by atoms with Crippen molar-refractivity contribution in [2.75, 3.05) is 13.2 Å². The van der Waals surface area contributed by atoms with Gasteiger partial charge in [-0.3, -0.25) is 29.3 Å². The third-order valence-electron chi connectivity index (χ3n) is 3.51. The van der Waals surface area contributed by atoms with Crippen LogP contribution in [0.2, 0.25) is 0 Å². The predicted octanol–water partition coefficient (Wildman–Crippen LogP) is 1.25. The molecule has 1 unspecified atom stereocenters. The molecule has 2 rings (SSSR count). The minimum Gasteiger partial charge on any atom is -0.379 e. The molecule has 25 heavy (non-hydrogen) atoms. The molecule has 8 nitrogen and oxygen atoms in total. The highest BCUT2D eigenvalue weighted by molar-refractivity contribution is 6.12. The van der Waals surface area contributed by atoms with E-state index in [-0.39, 0.29) is 42.6 Å². The molecule has 0 saturated carbocycles.